The number of amides is 2. The molecule has 0 radical (unpaired) electrons. The van der Waals surface area contributed by atoms with Crippen molar-refractivity contribution < 1.29 is 9.59 Å². The van der Waals surface area contributed by atoms with Gasteiger partial charge in [-0.05, 0) is 46.3 Å². The number of nitrogens with zero attached hydrogens (tertiary/aromatic N) is 3. The van der Waals surface area contributed by atoms with Crippen LogP contribution in [0.3, 0.4) is 0 Å². The van der Waals surface area contributed by atoms with Crippen molar-refractivity contribution in [1.29, 1.82) is 10.5 Å². The number of hydrogen-bond acceptors (Lipinski definition) is 6. The van der Waals surface area contributed by atoms with Crippen LogP contribution in [0, 0.1) is 22.7 Å². The van der Waals surface area contributed by atoms with Crippen LogP contribution in [0.25, 0.3) is 0 Å². The molecule has 3 rings (SSSR count). The van der Waals surface area contributed by atoms with Gasteiger partial charge in [-0.1, -0.05) is 45.9 Å². The van der Waals surface area contributed by atoms with Gasteiger partial charge in [0, 0.05) is 21.1 Å². The number of halogens is 2. The average Bonchev–Trinajstić information content (AvgIpc) is 2.97. The van der Waals surface area contributed by atoms with E-state index in [1.807, 2.05) is 18.2 Å². The fourth-order valence-corrected chi connectivity index (χ4v) is 5.01. The molecule has 2 amide bonds. The number of benzene rings is 2. The van der Waals surface area contributed by atoms with Crippen molar-refractivity contribution in [2.45, 2.75) is 11.7 Å². The Bertz CT molecular complexity index is 1070. The average molecular weight is 532 g/mol. The van der Waals surface area contributed by atoms with E-state index < -0.39 is 11.2 Å². The van der Waals surface area contributed by atoms with E-state index in [9.17, 15) is 20.1 Å². The summed E-state index contributed by atoms with van der Waals surface area (Å²) in [6.45, 7) is 0. The zero-order valence-electron chi connectivity index (χ0n) is 14.7. The molecule has 2 aromatic rings. The van der Waals surface area contributed by atoms with Gasteiger partial charge in [0.05, 0.1) is 10.9 Å². The van der Waals surface area contributed by atoms with Gasteiger partial charge < -0.3 is 5.32 Å². The number of carbonyl (C=O) groups excluding carboxylic acids is 2. The Balaban J connectivity index is 1.88. The topological polar surface area (TPSA) is 97.0 Å². The highest BCUT2D eigenvalue weighted by molar-refractivity contribution is 9.11. The van der Waals surface area contributed by atoms with Crippen molar-refractivity contribution in [1.82, 2.24) is 0 Å². The third kappa shape index (κ3) is 4.70. The molecular formula is C20H12Br2N4O2S. The first-order chi connectivity index (χ1) is 13.9. The quantitative estimate of drug-likeness (QED) is 0.433. The second-order valence-corrected chi connectivity index (χ2v) is 8.88. The number of nitrogens with one attached hydrogen (secondary N) is 1. The third-order valence-corrected chi connectivity index (χ3v) is 6.32. The minimum Gasteiger partial charge on any atom is -0.349 e. The summed E-state index contributed by atoms with van der Waals surface area (Å²) in [4.78, 5) is 26.7. The highest BCUT2D eigenvalue weighted by Gasteiger charge is 2.41. The van der Waals surface area contributed by atoms with E-state index in [-0.39, 0.29) is 22.9 Å². The van der Waals surface area contributed by atoms with Crippen molar-refractivity contribution in [3.05, 3.63) is 68.1 Å². The van der Waals surface area contributed by atoms with Gasteiger partial charge >= 0.3 is 0 Å². The third-order valence-electron chi connectivity index (χ3n) is 4.00. The molecule has 1 heterocycles. The lowest BCUT2D eigenvalue weighted by Gasteiger charge is -2.17. The molecule has 6 nitrogen and oxygen atoms in total. The first-order valence-electron chi connectivity index (χ1n) is 8.29. The second-order valence-electron chi connectivity index (χ2n) is 5.89. The number of anilines is 2. The van der Waals surface area contributed by atoms with Crippen molar-refractivity contribution in [2.24, 2.45) is 0 Å². The van der Waals surface area contributed by atoms with Crippen LogP contribution in [0.2, 0.25) is 0 Å². The first kappa shape index (κ1) is 21.1. The van der Waals surface area contributed by atoms with Crippen LogP contribution in [0.5, 0.6) is 0 Å². The summed E-state index contributed by atoms with van der Waals surface area (Å²) >= 11 is 7.74. The molecule has 1 aliphatic heterocycles. The molecule has 29 heavy (non-hydrogen) atoms. The predicted octanol–water partition coefficient (Wildman–Crippen LogP) is 4.95. The number of rotatable bonds is 5. The van der Waals surface area contributed by atoms with Crippen molar-refractivity contribution >= 4 is 66.8 Å². The predicted molar refractivity (Wildman–Crippen MR) is 119 cm³/mol. The van der Waals surface area contributed by atoms with E-state index in [4.69, 9.17) is 0 Å². The maximum absolute atomic E-state index is 13.0. The van der Waals surface area contributed by atoms with Gasteiger partial charge in [-0.3, -0.25) is 9.59 Å². The fourth-order valence-electron chi connectivity index (χ4n) is 2.68. The summed E-state index contributed by atoms with van der Waals surface area (Å²) in [5, 5.41) is 21.1. The van der Waals surface area contributed by atoms with Crippen LogP contribution in [0.1, 0.15) is 6.42 Å². The van der Waals surface area contributed by atoms with Gasteiger partial charge in [-0.15, -0.1) is 0 Å². The van der Waals surface area contributed by atoms with Crippen LogP contribution in [-0.2, 0) is 9.59 Å². The summed E-state index contributed by atoms with van der Waals surface area (Å²) in [5.41, 5.74) is 0.971. The highest BCUT2D eigenvalue weighted by atomic mass is 79.9. The molecule has 1 aliphatic rings. The van der Waals surface area contributed by atoms with E-state index >= 15 is 0 Å². The largest absolute Gasteiger partial charge is 0.349 e. The normalized spacial score (nSPS) is 15.6. The van der Waals surface area contributed by atoms with Gasteiger partial charge in [0.15, 0.2) is 5.57 Å². The zero-order valence-corrected chi connectivity index (χ0v) is 18.7. The molecule has 1 saturated heterocycles. The monoisotopic (exact) mass is 530 g/mol. The minimum absolute atomic E-state index is 0.0316. The number of allylic oxidation sites excluding steroid dienone is 1. The van der Waals surface area contributed by atoms with Crippen molar-refractivity contribution in [3.63, 3.8) is 0 Å². The molecule has 2 aromatic carbocycles. The van der Waals surface area contributed by atoms with Gasteiger partial charge in [0.1, 0.15) is 17.2 Å². The van der Waals surface area contributed by atoms with Crippen molar-refractivity contribution in [3.8, 4) is 12.1 Å². The Labute approximate surface area is 188 Å². The number of carbonyl (C=O) groups is 2. The Morgan fingerprint density at radius 2 is 1.79 bits per heavy atom. The molecule has 1 atom stereocenters. The molecular weight excluding hydrogens is 520 g/mol. The summed E-state index contributed by atoms with van der Waals surface area (Å²) in [7, 11) is 0. The number of para-hydroxylation sites is 1. The van der Waals surface area contributed by atoms with E-state index in [0.29, 0.717) is 15.8 Å². The van der Waals surface area contributed by atoms with Gasteiger partial charge in [-0.2, -0.15) is 10.5 Å². The van der Waals surface area contributed by atoms with Gasteiger partial charge in [0.25, 0.3) is 0 Å². The number of nitriles is 2. The molecule has 9 heteroatoms. The standard InChI is InChI=1S/C20H12Br2N4O2S/c21-13-6-7-16(15(22)8-13)26-18(27)9-17(20(26)28)29-19(12(10-23)11-24)25-14-4-2-1-3-5-14/h1-8,17,25H,9H2/t17-/m0/s1. The van der Waals surface area contributed by atoms with Crippen LogP contribution in [0.4, 0.5) is 11.4 Å². The van der Waals surface area contributed by atoms with Gasteiger partial charge in [-0.25, -0.2) is 4.90 Å². The molecule has 1 N–H and O–H groups in total. The zero-order chi connectivity index (χ0) is 21.0. The van der Waals surface area contributed by atoms with Crippen LogP contribution >= 0.6 is 43.6 Å². The maximum atomic E-state index is 13.0. The molecule has 144 valence electrons. The Kier molecular flexibility index (Phi) is 6.75. The van der Waals surface area contributed by atoms with Gasteiger partial charge in [0.2, 0.25) is 11.8 Å². The smallest absolute Gasteiger partial charge is 0.247 e. The molecule has 0 saturated carbocycles. The molecule has 0 aromatic heterocycles. The Hall–Kier alpha value is -2.59. The lowest BCUT2D eigenvalue weighted by molar-refractivity contribution is -0.121. The number of hydrogen-bond donors (Lipinski definition) is 1. The van der Waals surface area contributed by atoms with E-state index in [0.717, 1.165) is 21.1 Å². The first-order valence-corrected chi connectivity index (χ1v) is 10.8. The summed E-state index contributed by atoms with van der Waals surface area (Å²) < 4.78 is 1.41. The summed E-state index contributed by atoms with van der Waals surface area (Å²) in [6.07, 6.45) is -0.0316. The minimum atomic E-state index is -0.749. The second kappa shape index (κ2) is 9.27. The number of imide groups is 1. The SMILES string of the molecule is N#CC(C#N)=C(Nc1ccccc1)S[C@H]1CC(=O)N(c2ccc(Br)cc2Br)C1=O. The van der Waals surface area contributed by atoms with E-state index in [2.05, 4.69) is 37.2 Å². The van der Waals surface area contributed by atoms with Crippen LogP contribution in [-0.4, -0.2) is 17.1 Å². The molecule has 0 bridgehead atoms. The molecule has 1 fully saturated rings. The number of thioether (sulfide) groups is 1. The summed E-state index contributed by atoms with van der Waals surface area (Å²) in [6, 6.07) is 17.9. The molecule has 0 unspecified atom stereocenters. The Morgan fingerprint density at radius 1 is 1.10 bits per heavy atom. The highest BCUT2D eigenvalue weighted by Crippen LogP contribution is 2.38. The lowest BCUT2D eigenvalue weighted by Crippen LogP contribution is -2.31. The maximum Gasteiger partial charge on any atom is 0.247 e. The fraction of sp³-hybridized carbons (Fsp3) is 0.100. The Morgan fingerprint density at radius 3 is 2.41 bits per heavy atom. The van der Waals surface area contributed by atoms with Crippen LogP contribution in [0.15, 0.2) is 68.1 Å². The summed E-state index contributed by atoms with van der Waals surface area (Å²) in [5.74, 6) is -0.740. The van der Waals surface area contributed by atoms with Crippen molar-refractivity contribution in [2.75, 3.05) is 10.2 Å². The van der Waals surface area contributed by atoms with Crippen LogP contribution < -0.4 is 10.2 Å². The van der Waals surface area contributed by atoms with E-state index in [1.165, 1.54) is 0 Å². The lowest BCUT2D eigenvalue weighted by atomic mass is 10.3. The molecule has 0 spiro atoms. The van der Waals surface area contributed by atoms with E-state index in [1.54, 1.807) is 42.5 Å². The molecule has 0 aliphatic carbocycles.